The fourth-order valence-electron chi connectivity index (χ4n) is 4.93. The van der Waals surface area contributed by atoms with Crippen molar-refractivity contribution in [2.75, 3.05) is 6.38 Å². The summed E-state index contributed by atoms with van der Waals surface area (Å²) in [6.45, 7) is 0. The zero-order chi connectivity index (χ0) is 22.6. The Labute approximate surface area is 213 Å². The number of alkyl halides is 1. The molecule has 4 aromatic rings. The number of rotatable bonds is 4. The van der Waals surface area contributed by atoms with Gasteiger partial charge >= 0.3 is 196 Å². The topological polar surface area (TPSA) is 0 Å². The van der Waals surface area contributed by atoms with Gasteiger partial charge in [-0.2, -0.15) is 0 Å². The van der Waals surface area contributed by atoms with Crippen molar-refractivity contribution in [2.45, 2.75) is 7.25 Å². The van der Waals surface area contributed by atoms with Gasteiger partial charge in [-0.3, -0.25) is 0 Å². The Kier molecular flexibility index (Phi) is 6.91. The Morgan fingerprint density at radius 3 is 1.27 bits per heavy atom. The van der Waals surface area contributed by atoms with Gasteiger partial charge in [0, 0.05) is 6.38 Å². The van der Waals surface area contributed by atoms with E-state index in [2.05, 4.69) is 133 Å². The number of fused-ring (bicyclic) bond motifs is 2. The van der Waals surface area contributed by atoms with E-state index in [1.54, 1.807) is 0 Å². The summed E-state index contributed by atoms with van der Waals surface area (Å²) in [7, 11) is 0. The maximum absolute atomic E-state index is 4.64. The van der Waals surface area contributed by atoms with Crippen molar-refractivity contribution in [1.29, 1.82) is 0 Å². The minimum absolute atomic E-state index is 0.561. The van der Waals surface area contributed by atoms with Crippen molar-refractivity contribution in [3.05, 3.63) is 143 Å². The molecule has 0 bridgehead atoms. The summed E-state index contributed by atoms with van der Waals surface area (Å²) in [6, 6.07) is 40.1. The average Bonchev–Trinajstić information content (AvgIpc) is 3.45. The Morgan fingerprint density at radius 2 is 0.848 bits per heavy atom. The van der Waals surface area contributed by atoms with E-state index >= 15 is 0 Å². The molecule has 0 amide bonds. The van der Waals surface area contributed by atoms with Crippen LogP contribution in [0, 0.1) is 0 Å². The third-order valence-corrected chi connectivity index (χ3v) is 11.1. The Hall–Kier alpha value is -2.47. The summed E-state index contributed by atoms with van der Waals surface area (Å²) in [5, 5.41) is 0. The molecular formula is C31H25ClZr. The van der Waals surface area contributed by atoms with E-state index in [0.717, 1.165) is 0 Å². The quantitative estimate of drug-likeness (QED) is 0.235. The number of benzene rings is 4. The molecule has 0 heterocycles. The molecule has 2 heteroatoms. The van der Waals surface area contributed by atoms with Crippen molar-refractivity contribution >= 4 is 34.9 Å². The molecular weight excluding hydrogens is 499 g/mol. The van der Waals surface area contributed by atoms with Crippen molar-refractivity contribution in [3.8, 4) is 0 Å². The van der Waals surface area contributed by atoms with Gasteiger partial charge in [0.1, 0.15) is 0 Å². The first kappa shape index (κ1) is 22.3. The predicted molar refractivity (Wildman–Crippen MR) is 139 cm³/mol. The van der Waals surface area contributed by atoms with E-state index in [-0.39, 0.29) is 0 Å². The fourth-order valence-corrected chi connectivity index (χ4v) is 10.0. The monoisotopic (exact) mass is 522 g/mol. The molecule has 0 nitrogen and oxygen atoms in total. The van der Waals surface area contributed by atoms with Crippen LogP contribution in [0.5, 0.6) is 0 Å². The molecule has 0 radical (unpaired) electrons. The molecule has 2 aliphatic carbocycles. The number of allylic oxidation sites excluding steroid dienone is 2. The summed E-state index contributed by atoms with van der Waals surface area (Å²) in [5.74, 6) is 0. The smallest absolute Gasteiger partial charge is 0.0108 e. The number of hydrogen-bond acceptors (Lipinski definition) is 0. The van der Waals surface area contributed by atoms with Crippen LogP contribution in [0.1, 0.15) is 40.6 Å². The van der Waals surface area contributed by atoms with Crippen LogP contribution in [0.4, 0.5) is 0 Å². The molecule has 4 aromatic carbocycles. The zero-order valence-electron chi connectivity index (χ0n) is 18.6. The average molecular weight is 524 g/mol. The van der Waals surface area contributed by atoms with Crippen LogP contribution in [0.2, 0.25) is 0 Å². The van der Waals surface area contributed by atoms with Crippen LogP contribution in [-0.4, -0.2) is 6.38 Å². The van der Waals surface area contributed by atoms with Crippen LogP contribution in [-0.2, 0) is 23.2 Å². The van der Waals surface area contributed by atoms with E-state index in [9.17, 15) is 0 Å². The second-order valence-corrected chi connectivity index (χ2v) is 11.9. The summed E-state index contributed by atoms with van der Waals surface area (Å²) in [4.78, 5) is 0. The standard InChI is InChI=1S/2C15H11.CH3Cl.Zr/c2*1-2-6-12(7-3-1)15-10-13-8-4-5-9-14(13)11-15;1-2;/h2*1-11H;1H3;. The van der Waals surface area contributed by atoms with E-state index in [1.165, 1.54) is 50.9 Å². The molecule has 0 saturated carbocycles. The van der Waals surface area contributed by atoms with Gasteiger partial charge in [-0.25, -0.2) is 0 Å². The van der Waals surface area contributed by atoms with Gasteiger partial charge in [-0.15, -0.1) is 11.6 Å². The number of halogens is 1. The molecule has 0 aliphatic heterocycles. The first-order chi connectivity index (χ1) is 16.4. The first-order valence-corrected chi connectivity index (χ1v) is 14.8. The van der Waals surface area contributed by atoms with Gasteiger partial charge in [0.05, 0.1) is 0 Å². The van der Waals surface area contributed by atoms with Crippen LogP contribution >= 0.6 is 11.6 Å². The van der Waals surface area contributed by atoms with E-state index < -0.39 is 23.2 Å². The third-order valence-electron chi connectivity index (χ3n) is 6.41. The van der Waals surface area contributed by atoms with Gasteiger partial charge < -0.3 is 0 Å². The van der Waals surface area contributed by atoms with Crippen LogP contribution in [0.25, 0.3) is 23.3 Å². The minimum atomic E-state index is -0.942. The summed E-state index contributed by atoms with van der Waals surface area (Å²) < 4.78 is 1.12. The van der Waals surface area contributed by atoms with Gasteiger partial charge in [0.25, 0.3) is 0 Å². The van der Waals surface area contributed by atoms with Gasteiger partial charge in [0.2, 0.25) is 0 Å². The molecule has 0 aromatic heterocycles. The van der Waals surface area contributed by atoms with E-state index in [1.807, 2.05) is 0 Å². The summed E-state index contributed by atoms with van der Waals surface area (Å²) in [6.07, 6.45) is 6.37. The van der Waals surface area contributed by atoms with Crippen molar-refractivity contribution in [1.82, 2.24) is 0 Å². The van der Waals surface area contributed by atoms with Gasteiger partial charge in [-0.1, -0.05) is 0 Å². The Bertz CT molecular complexity index is 1200. The van der Waals surface area contributed by atoms with E-state index in [0.29, 0.717) is 7.25 Å². The largest absolute Gasteiger partial charge is 0.130 e. The maximum atomic E-state index is 4.64. The predicted octanol–water partition coefficient (Wildman–Crippen LogP) is 8.51. The van der Waals surface area contributed by atoms with Gasteiger partial charge in [-0.05, 0) is 0 Å². The first-order valence-electron chi connectivity index (χ1n) is 11.2. The SMILES string of the molecule is C1=C(c2ccccc2)[CH]([Zr][CH]2C(c3ccccc3)=Cc3ccccc32)c2ccccc21.CCl. The van der Waals surface area contributed by atoms with Gasteiger partial charge in [0.15, 0.2) is 0 Å². The van der Waals surface area contributed by atoms with Crippen molar-refractivity contribution < 1.29 is 23.2 Å². The second-order valence-electron chi connectivity index (χ2n) is 8.22. The van der Waals surface area contributed by atoms with Crippen LogP contribution in [0.3, 0.4) is 0 Å². The molecule has 2 atom stereocenters. The number of hydrogen-bond donors (Lipinski definition) is 0. The molecule has 0 fully saturated rings. The maximum Gasteiger partial charge on any atom is 0.0108 e. The van der Waals surface area contributed by atoms with Crippen LogP contribution in [0.15, 0.2) is 109 Å². The van der Waals surface area contributed by atoms with Crippen molar-refractivity contribution in [2.24, 2.45) is 0 Å². The molecule has 0 N–H and O–H groups in total. The Morgan fingerprint density at radius 1 is 0.485 bits per heavy atom. The summed E-state index contributed by atoms with van der Waals surface area (Å²) in [5.41, 5.74) is 11.7. The molecule has 0 saturated heterocycles. The molecule has 2 unspecified atom stereocenters. The third kappa shape index (κ3) is 4.38. The molecule has 33 heavy (non-hydrogen) atoms. The van der Waals surface area contributed by atoms with Crippen LogP contribution < -0.4 is 0 Å². The minimum Gasteiger partial charge on any atom is -0.130 e. The molecule has 160 valence electrons. The Balaban J connectivity index is 0.00000111. The molecule has 0 spiro atoms. The van der Waals surface area contributed by atoms with E-state index in [4.69, 9.17) is 0 Å². The fraction of sp³-hybridized carbons (Fsp3) is 0.0968. The normalized spacial score (nSPS) is 17.8. The second kappa shape index (κ2) is 10.2. The molecule has 6 rings (SSSR count). The van der Waals surface area contributed by atoms with Crippen molar-refractivity contribution in [3.63, 3.8) is 0 Å². The zero-order valence-corrected chi connectivity index (χ0v) is 21.8. The molecule has 2 aliphatic rings. The summed E-state index contributed by atoms with van der Waals surface area (Å²) >= 11 is 3.70.